The molecule has 3 rings (SSSR count). The fraction of sp³-hybridized carbons (Fsp3) is 0.769. The lowest BCUT2D eigenvalue weighted by atomic mass is 10.4. The first-order valence-electron chi connectivity index (χ1n) is 6.39. The summed E-state index contributed by atoms with van der Waals surface area (Å²) in [6, 6.07) is 0. The van der Waals surface area contributed by atoms with E-state index in [1.54, 1.807) is 0 Å². The first-order valence-corrected chi connectivity index (χ1v) is 6.83. The molecule has 0 saturated carbocycles. The van der Waals surface area contributed by atoms with E-state index in [4.69, 9.17) is 30.9 Å². The van der Waals surface area contributed by atoms with Crippen molar-refractivity contribution in [3.63, 3.8) is 0 Å². The van der Waals surface area contributed by atoms with Gasteiger partial charge in [0, 0.05) is 5.57 Å². The average Bonchev–Trinajstić information content (AvgIpc) is 3.18. The van der Waals surface area contributed by atoms with E-state index in [0.29, 0.717) is 18.3 Å². The lowest BCUT2D eigenvalue weighted by Gasteiger charge is -1.95. The fourth-order valence-electron chi connectivity index (χ4n) is 0.819. The number of carbonyl (C=O) groups is 1. The van der Waals surface area contributed by atoms with Crippen LogP contribution in [0.2, 0.25) is 0 Å². The molecule has 0 bridgehead atoms. The van der Waals surface area contributed by atoms with Gasteiger partial charge in [0.2, 0.25) is 0 Å². The molecule has 3 aliphatic rings. The number of epoxide rings is 3. The Labute approximate surface area is 123 Å². The molecule has 20 heavy (non-hydrogen) atoms. The number of carboxylic acids is 1. The Morgan fingerprint density at radius 2 is 1.65 bits per heavy atom. The van der Waals surface area contributed by atoms with Gasteiger partial charge in [0.1, 0.15) is 12.2 Å². The summed E-state index contributed by atoms with van der Waals surface area (Å²) in [4.78, 5) is 9.60. The van der Waals surface area contributed by atoms with E-state index in [0.717, 1.165) is 26.4 Å². The summed E-state index contributed by atoms with van der Waals surface area (Å²) in [6.45, 7) is 9.80. The molecule has 7 heteroatoms. The maximum atomic E-state index is 9.60. The monoisotopic (exact) mass is 308 g/mol. The minimum atomic E-state index is -0.935. The lowest BCUT2D eigenvalue weighted by molar-refractivity contribution is -0.132. The Balaban J connectivity index is 0.000000160. The predicted octanol–water partition coefficient (Wildman–Crippen LogP) is 1.42. The fourth-order valence-corrected chi connectivity index (χ4v) is 0.981. The van der Waals surface area contributed by atoms with Gasteiger partial charge in [0.05, 0.1) is 32.5 Å². The molecular formula is C13H21ClO6. The summed E-state index contributed by atoms with van der Waals surface area (Å²) < 4.78 is 19.8. The number of rotatable bonds is 5. The highest BCUT2D eigenvalue weighted by molar-refractivity contribution is 6.21. The molecule has 3 saturated heterocycles. The van der Waals surface area contributed by atoms with Gasteiger partial charge in [0.25, 0.3) is 0 Å². The molecule has 0 aromatic heterocycles. The molecule has 0 aromatic carbocycles. The highest BCUT2D eigenvalue weighted by atomic mass is 35.5. The summed E-state index contributed by atoms with van der Waals surface area (Å²) in [5, 5.41) is 7.89. The van der Waals surface area contributed by atoms with E-state index in [2.05, 4.69) is 11.3 Å². The first kappa shape index (κ1) is 17.4. The van der Waals surface area contributed by atoms with Crippen LogP contribution in [0, 0.1) is 0 Å². The molecule has 0 aliphatic carbocycles. The van der Waals surface area contributed by atoms with Gasteiger partial charge in [-0.2, -0.15) is 0 Å². The molecule has 3 fully saturated rings. The van der Waals surface area contributed by atoms with E-state index in [9.17, 15) is 4.79 Å². The van der Waals surface area contributed by atoms with Crippen LogP contribution in [-0.2, 0) is 23.7 Å². The average molecular weight is 309 g/mol. The Hall–Kier alpha value is -0.660. The van der Waals surface area contributed by atoms with Gasteiger partial charge in [-0.05, 0) is 13.8 Å². The van der Waals surface area contributed by atoms with Crippen molar-refractivity contribution in [1.29, 1.82) is 0 Å². The zero-order chi connectivity index (χ0) is 15.1. The second-order valence-corrected chi connectivity index (χ2v) is 5.16. The van der Waals surface area contributed by atoms with E-state index in [1.165, 1.54) is 6.92 Å². The minimum absolute atomic E-state index is 0.0231. The molecule has 4 atom stereocenters. The van der Waals surface area contributed by atoms with Crippen molar-refractivity contribution in [3.8, 4) is 0 Å². The van der Waals surface area contributed by atoms with Gasteiger partial charge < -0.3 is 24.1 Å². The minimum Gasteiger partial charge on any atom is -0.478 e. The molecule has 4 unspecified atom stereocenters. The predicted molar refractivity (Wildman–Crippen MR) is 72.9 cm³/mol. The van der Waals surface area contributed by atoms with Crippen molar-refractivity contribution in [3.05, 3.63) is 12.2 Å². The van der Waals surface area contributed by atoms with Crippen molar-refractivity contribution in [2.24, 2.45) is 0 Å². The number of ether oxygens (including phenoxy) is 4. The highest BCUT2D eigenvalue weighted by Crippen LogP contribution is 2.23. The Bertz CT molecular complexity index is 297. The third-order valence-electron chi connectivity index (χ3n) is 2.41. The largest absolute Gasteiger partial charge is 0.478 e. The number of hydrogen-bond acceptors (Lipinski definition) is 5. The molecule has 116 valence electrons. The van der Waals surface area contributed by atoms with Crippen LogP contribution < -0.4 is 0 Å². The van der Waals surface area contributed by atoms with Gasteiger partial charge in [-0.1, -0.05) is 18.2 Å². The second kappa shape index (κ2) is 8.59. The van der Waals surface area contributed by atoms with Gasteiger partial charge in [-0.25, -0.2) is 4.79 Å². The smallest absolute Gasteiger partial charge is 0.330 e. The van der Waals surface area contributed by atoms with E-state index < -0.39 is 5.97 Å². The van der Waals surface area contributed by atoms with Crippen LogP contribution >= 0.6 is 11.6 Å². The number of carboxylic acid groups (broad SMARTS) is 1. The highest BCUT2D eigenvalue weighted by Gasteiger charge is 2.31. The third kappa shape index (κ3) is 10.2. The number of halogens is 1. The van der Waals surface area contributed by atoms with Gasteiger partial charge in [0.15, 0.2) is 5.56 Å². The topological polar surface area (TPSA) is 84.1 Å². The molecular weight excluding hydrogens is 288 g/mol. The standard InChI is InChI=1S/C6H10O3.C4H6O2.C3H5ClO/c1(5-3-8-5)7-2-6-4-9-6;1-3(2)4(5)6;1-2-3(4)5-2/h5-6H,1-4H2;1H2,2H3,(H,5,6);2-3H,1H3. The number of aliphatic carboxylic acids is 1. The van der Waals surface area contributed by atoms with Crippen LogP contribution in [0.4, 0.5) is 0 Å². The summed E-state index contributed by atoms with van der Waals surface area (Å²) in [6.07, 6.45) is 1.10. The van der Waals surface area contributed by atoms with Crippen LogP contribution in [0.3, 0.4) is 0 Å². The summed E-state index contributed by atoms with van der Waals surface area (Å²) >= 11 is 5.31. The molecule has 0 spiro atoms. The molecule has 6 nitrogen and oxygen atoms in total. The molecule has 0 radical (unpaired) electrons. The third-order valence-corrected chi connectivity index (χ3v) is 2.87. The van der Waals surface area contributed by atoms with E-state index in [1.807, 2.05) is 6.92 Å². The van der Waals surface area contributed by atoms with E-state index in [-0.39, 0.29) is 11.1 Å². The molecule has 1 N–H and O–H groups in total. The van der Waals surface area contributed by atoms with E-state index >= 15 is 0 Å². The van der Waals surface area contributed by atoms with Crippen LogP contribution in [-0.4, -0.2) is 61.4 Å². The normalized spacial score (nSPS) is 31.9. The number of hydrogen-bond donors (Lipinski definition) is 1. The van der Waals surface area contributed by atoms with Crippen LogP contribution in [0.15, 0.2) is 12.2 Å². The van der Waals surface area contributed by atoms with Gasteiger partial charge in [-0.15, -0.1) is 0 Å². The van der Waals surface area contributed by atoms with Crippen LogP contribution in [0.5, 0.6) is 0 Å². The SMILES string of the molecule is C(OCC1CO1)C1CO1.C=C(C)C(=O)O.CC1OC1Cl. The zero-order valence-electron chi connectivity index (χ0n) is 11.7. The van der Waals surface area contributed by atoms with Gasteiger partial charge >= 0.3 is 5.97 Å². The van der Waals surface area contributed by atoms with Crippen molar-refractivity contribution >= 4 is 17.6 Å². The lowest BCUT2D eigenvalue weighted by Crippen LogP contribution is -2.06. The van der Waals surface area contributed by atoms with Crippen molar-refractivity contribution in [2.75, 3.05) is 26.4 Å². The van der Waals surface area contributed by atoms with Crippen LogP contribution in [0.25, 0.3) is 0 Å². The Morgan fingerprint density at radius 1 is 1.35 bits per heavy atom. The Morgan fingerprint density at radius 3 is 1.80 bits per heavy atom. The summed E-state index contributed by atoms with van der Waals surface area (Å²) in [7, 11) is 0. The Kier molecular flexibility index (Phi) is 7.47. The summed E-state index contributed by atoms with van der Waals surface area (Å²) in [5.41, 5.74) is 0.199. The summed E-state index contributed by atoms with van der Waals surface area (Å²) in [5.74, 6) is -0.935. The quantitative estimate of drug-likeness (QED) is 0.470. The molecule has 0 amide bonds. The maximum Gasteiger partial charge on any atom is 0.330 e. The van der Waals surface area contributed by atoms with Crippen molar-refractivity contribution < 1.29 is 28.8 Å². The maximum absolute atomic E-state index is 9.60. The van der Waals surface area contributed by atoms with Gasteiger partial charge in [-0.3, -0.25) is 0 Å². The van der Waals surface area contributed by atoms with Crippen LogP contribution in [0.1, 0.15) is 13.8 Å². The second-order valence-electron chi connectivity index (χ2n) is 4.73. The number of alkyl halides is 1. The first-order chi connectivity index (χ1) is 9.40. The molecule has 3 heterocycles. The van der Waals surface area contributed by atoms with Crippen molar-refractivity contribution in [2.45, 2.75) is 37.7 Å². The molecule has 0 aromatic rings. The zero-order valence-corrected chi connectivity index (χ0v) is 12.5. The van der Waals surface area contributed by atoms with Crippen molar-refractivity contribution in [1.82, 2.24) is 0 Å². The molecule has 3 aliphatic heterocycles.